The van der Waals surface area contributed by atoms with Gasteiger partial charge in [0, 0.05) is 27.0 Å². The Labute approximate surface area is 167 Å². The molecule has 0 spiro atoms. The zero-order valence-corrected chi connectivity index (χ0v) is 16.0. The molecule has 0 aliphatic rings. The third kappa shape index (κ3) is 6.66. The molecule has 2 aromatic carbocycles. The van der Waals surface area contributed by atoms with Gasteiger partial charge in [-0.1, -0.05) is 12.1 Å². The zero-order valence-electron chi connectivity index (χ0n) is 13.8. The number of nitro benzene ring substituents is 1. The van der Waals surface area contributed by atoms with Gasteiger partial charge in [0.05, 0.1) is 4.92 Å². The summed E-state index contributed by atoms with van der Waals surface area (Å²) in [6.07, 6.45) is 0. The number of hydrogen-bond donors (Lipinski definition) is 2. The number of benzene rings is 2. The summed E-state index contributed by atoms with van der Waals surface area (Å²) in [5.41, 5.74) is 0.368. The number of nitrogens with one attached hydrogen (secondary N) is 2. The average Bonchev–Trinajstić information content (AvgIpc) is 2.64. The van der Waals surface area contributed by atoms with Crippen LogP contribution in [0.25, 0.3) is 0 Å². The number of carbonyl (C=O) groups excluding carboxylic acids is 3. The highest BCUT2D eigenvalue weighted by Crippen LogP contribution is 2.13. The van der Waals surface area contributed by atoms with E-state index in [1.54, 1.807) is 18.2 Å². The fourth-order valence-electron chi connectivity index (χ4n) is 1.98. The van der Waals surface area contributed by atoms with Gasteiger partial charge in [0.25, 0.3) is 17.5 Å². The summed E-state index contributed by atoms with van der Waals surface area (Å²) in [7, 11) is 0. The molecule has 2 aromatic rings. The van der Waals surface area contributed by atoms with Crippen molar-refractivity contribution in [2.75, 3.05) is 18.5 Å². The SMILES string of the molecule is O=C(COC(=O)CNC(=O)c1cccc([N+](=O)[O-])c1)Nc1cccc(I)c1. The van der Waals surface area contributed by atoms with Crippen LogP contribution in [0.1, 0.15) is 10.4 Å². The monoisotopic (exact) mass is 483 g/mol. The number of nitro groups is 1. The molecule has 0 radical (unpaired) electrons. The van der Waals surface area contributed by atoms with E-state index in [2.05, 4.69) is 33.2 Å². The van der Waals surface area contributed by atoms with Crippen molar-refractivity contribution in [3.63, 3.8) is 0 Å². The van der Waals surface area contributed by atoms with Crippen LogP contribution in [0.2, 0.25) is 0 Å². The van der Waals surface area contributed by atoms with Crippen LogP contribution in [-0.2, 0) is 14.3 Å². The third-order valence-electron chi connectivity index (χ3n) is 3.19. The highest BCUT2D eigenvalue weighted by Gasteiger charge is 2.13. The number of carbonyl (C=O) groups is 3. The maximum absolute atomic E-state index is 11.9. The number of rotatable bonds is 7. The molecule has 27 heavy (non-hydrogen) atoms. The smallest absolute Gasteiger partial charge is 0.325 e. The van der Waals surface area contributed by atoms with Gasteiger partial charge in [0.2, 0.25) is 0 Å². The molecule has 0 bridgehead atoms. The van der Waals surface area contributed by atoms with E-state index >= 15 is 0 Å². The molecule has 0 saturated carbocycles. The van der Waals surface area contributed by atoms with Crippen LogP contribution < -0.4 is 10.6 Å². The van der Waals surface area contributed by atoms with Gasteiger partial charge >= 0.3 is 5.97 Å². The minimum atomic E-state index is -0.813. The van der Waals surface area contributed by atoms with E-state index in [0.717, 1.165) is 9.64 Å². The molecule has 2 rings (SSSR count). The van der Waals surface area contributed by atoms with Crippen LogP contribution in [0.3, 0.4) is 0 Å². The number of nitrogens with zero attached hydrogens (tertiary/aromatic N) is 1. The predicted octanol–water partition coefficient (Wildman–Crippen LogP) is 2.11. The Hall–Kier alpha value is -3.02. The summed E-state index contributed by atoms with van der Waals surface area (Å²) in [6.45, 7) is -0.977. The Morgan fingerprint density at radius 3 is 2.56 bits per heavy atom. The maximum atomic E-state index is 11.9. The first kappa shape index (κ1) is 20.3. The molecule has 2 N–H and O–H groups in total. The highest BCUT2D eigenvalue weighted by atomic mass is 127. The molecule has 0 atom stereocenters. The first-order valence-electron chi connectivity index (χ1n) is 7.59. The lowest BCUT2D eigenvalue weighted by molar-refractivity contribution is -0.384. The van der Waals surface area contributed by atoms with Crippen molar-refractivity contribution in [2.24, 2.45) is 0 Å². The van der Waals surface area contributed by atoms with Crippen LogP contribution >= 0.6 is 22.6 Å². The molecule has 140 valence electrons. The van der Waals surface area contributed by atoms with E-state index in [4.69, 9.17) is 4.74 Å². The molecule has 0 aliphatic heterocycles. The Kier molecular flexibility index (Phi) is 7.23. The molecule has 0 aliphatic carbocycles. The first-order chi connectivity index (χ1) is 12.8. The lowest BCUT2D eigenvalue weighted by Gasteiger charge is -2.08. The fraction of sp³-hybridized carbons (Fsp3) is 0.118. The Balaban J connectivity index is 1.77. The topological polar surface area (TPSA) is 128 Å². The molecule has 0 unspecified atom stereocenters. The quantitative estimate of drug-likeness (QED) is 0.269. The van der Waals surface area contributed by atoms with Gasteiger partial charge in [-0.2, -0.15) is 0 Å². The molecular weight excluding hydrogens is 469 g/mol. The summed E-state index contributed by atoms with van der Waals surface area (Å²) < 4.78 is 5.72. The van der Waals surface area contributed by atoms with Crippen molar-refractivity contribution in [3.8, 4) is 0 Å². The number of non-ortho nitro benzene ring substituents is 1. The van der Waals surface area contributed by atoms with Crippen molar-refractivity contribution >= 4 is 51.7 Å². The van der Waals surface area contributed by atoms with Crippen LogP contribution in [0.5, 0.6) is 0 Å². The van der Waals surface area contributed by atoms with Crippen LogP contribution in [0.15, 0.2) is 48.5 Å². The number of anilines is 1. The second kappa shape index (κ2) is 9.62. The van der Waals surface area contributed by atoms with Crippen molar-refractivity contribution in [3.05, 3.63) is 67.8 Å². The Morgan fingerprint density at radius 1 is 1.11 bits per heavy atom. The number of esters is 1. The first-order valence-corrected chi connectivity index (χ1v) is 8.67. The Morgan fingerprint density at radius 2 is 1.85 bits per heavy atom. The van der Waals surface area contributed by atoms with Gasteiger partial charge in [-0.05, 0) is 46.9 Å². The van der Waals surface area contributed by atoms with Gasteiger partial charge in [-0.25, -0.2) is 0 Å². The number of halogens is 1. The van der Waals surface area contributed by atoms with Crippen LogP contribution in [0.4, 0.5) is 11.4 Å². The number of ether oxygens (including phenoxy) is 1. The molecule has 0 fully saturated rings. The van der Waals surface area contributed by atoms with Crippen molar-refractivity contribution in [1.29, 1.82) is 0 Å². The van der Waals surface area contributed by atoms with E-state index in [1.807, 2.05) is 6.07 Å². The van der Waals surface area contributed by atoms with Crippen molar-refractivity contribution in [1.82, 2.24) is 5.32 Å². The minimum absolute atomic E-state index is 0.0356. The standard InChI is InChI=1S/C17H14IN3O6/c18-12-4-2-5-13(8-12)20-15(22)10-27-16(23)9-19-17(24)11-3-1-6-14(7-11)21(25)26/h1-8H,9-10H2,(H,19,24)(H,20,22). The third-order valence-corrected chi connectivity index (χ3v) is 3.86. The van der Waals surface area contributed by atoms with E-state index in [0.29, 0.717) is 5.69 Å². The van der Waals surface area contributed by atoms with Gasteiger partial charge in [-0.3, -0.25) is 24.5 Å². The molecule has 0 aromatic heterocycles. The van der Waals surface area contributed by atoms with Crippen molar-refractivity contribution < 1.29 is 24.0 Å². The summed E-state index contributed by atoms with van der Waals surface area (Å²) >= 11 is 2.10. The van der Waals surface area contributed by atoms with E-state index in [9.17, 15) is 24.5 Å². The van der Waals surface area contributed by atoms with E-state index < -0.39 is 35.9 Å². The van der Waals surface area contributed by atoms with E-state index in [1.165, 1.54) is 18.2 Å². The summed E-state index contributed by atoms with van der Waals surface area (Å²) in [5.74, 6) is -2.00. The lowest BCUT2D eigenvalue weighted by Crippen LogP contribution is -2.32. The van der Waals surface area contributed by atoms with Gasteiger partial charge in [0.1, 0.15) is 6.54 Å². The molecular formula is C17H14IN3O6. The summed E-state index contributed by atoms with van der Waals surface area (Å²) in [6, 6.07) is 12.2. The highest BCUT2D eigenvalue weighted by molar-refractivity contribution is 14.1. The minimum Gasteiger partial charge on any atom is -0.454 e. The second-order valence-corrected chi connectivity index (χ2v) is 6.45. The lowest BCUT2D eigenvalue weighted by atomic mass is 10.2. The van der Waals surface area contributed by atoms with Gasteiger partial charge < -0.3 is 15.4 Å². The van der Waals surface area contributed by atoms with E-state index in [-0.39, 0.29) is 11.3 Å². The van der Waals surface area contributed by atoms with Crippen LogP contribution in [0, 0.1) is 13.7 Å². The molecule has 9 nitrogen and oxygen atoms in total. The predicted molar refractivity (Wildman–Crippen MR) is 104 cm³/mol. The molecule has 0 saturated heterocycles. The largest absolute Gasteiger partial charge is 0.454 e. The average molecular weight is 483 g/mol. The summed E-state index contributed by atoms with van der Waals surface area (Å²) in [5, 5.41) is 15.6. The Bertz CT molecular complexity index is 886. The number of hydrogen-bond acceptors (Lipinski definition) is 6. The molecule has 2 amide bonds. The second-order valence-electron chi connectivity index (χ2n) is 5.21. The van der Waals surface area contributed by atoms with Gasteiger partial charge in [-0.15, -0.1) is 0 Å². The zero-order chi connectivity index (χ0) is 19.8. The van der Waals surface area contributed by atoms with Crippen LogP contribution in [-0.4, -0.2) is 35.9 Å². The van der Waals surface area contributed by atoms with Gasteiger partial charge in [0.15, 0.2) is 6.61 Å². The maximum Gasteiger partial charge on any atom is 0.325 e. The number of amides is 2. The molecule has 10 heteroatoms. The normalized spacial score (nSPS) is 9.96. The molecule has 0 heterocycles. The van der Waals surface area contributed by atoms with Crippen molar-refractivity contribution in [2.45, 2.75) is 0 Å². The fourth-order valence-corrected chi connectivity index (χ4v) is 2.52. The summed E-state index contributed by atoms with van der Waals surface area (Å²) in [4.78, 5) is 45.4.